The lowest BCUT2D eigenvalue weighted by Gasteiger charge is -2.33. The molecule has 1 amide bonds. The standard InChI is InChI=1S/C24H27ClN4O2/c1-2-31-22-10-6-3-7-18(22)17-28-15-12-19(13-16-28)29-23(11-14-26-29)27-24(30)20-8-4-5-9-21(20)25/h3-11,14,19H,2,12-13,15-17H2,1H3,(H,27,30). The van der Waals surface area contributed by atoms with Crippen molar-refractivity contribution in [3.8, 4) is 5.75 Å². The van der Waals surface area contributed by atoms with Crippen LogP contribution in [0.1, 0.15) is 41.7 Å². The third-order valence-electron chi connectivity index (χ3n) is 5.60. The first-order valence-electron chi connectivity index (χ1n) is 10.7. The third kappa shape index (κ3) is 5.09. The van der Waals surface area contributed by atoms with Gasteiger partial charge in [0.15, 0.2) is 0 Å². The van der Waals surface area contributed by atoms with E-state index >= 15 is 0 Å². The van der Waals surface area contributed by atoms with Crippen molar-refractivity contribution in [1.82, 2.24) is 14.7 Å². The van der Waals surface area contributed by atoms with Gasteiger partial charge in [-0.1, -0.05) is 41.9 Å². The predicted octanol–water partition coefficient (Wildman–Crippen LogP) is 5.02. The average molecular weight is 439 g/mol. The Kier molecular flexibility index (Phi) is 6.89. The normalized spacial score (nSPS) is 15.0. The number of anilines is 1. The fraction of sp³-hybridized carbons (Fsp3) is 0.333. The quantitative estimate of drug-likeness (QED) is 0.562. The van der Waals surface area contributed by atoms with Gasteiger partial charge in [-0.2, -0.15) is 5.10 Å². The molecule has 1 fully saturated rings. The van der Waals surface area contributed by atoms with Gasteiger partial charge in [-0.3, -0.25) is 9.69 Å². The SMILES string of the molecule is CCOc1ccccc1CN1CCC(n2nccc2NC(=O)c2ccccc2Cl)CC1. The molecule has 2 aromatic carbocycles. The minimum absolute atomic E-state index is 0.225. The van der Waals surface area contributed by atoms with Gasteiger partial charge < -0.3 is 10.1 Å². The van der Waals surface area contributed by atoms with Crippen molar-refractivity contribution in [1.29, 1.82) is 0 Å². The smallest absolute Gasteiger partial charge is 0.258 e. The maximum Gasteiger partial charge on any atom is 0.258 e. The van der Waals surface area contributed by atoms with Gasteiger partial charge >= 0.3 is 0 Å². The van der Waals surface area contributed by atoms with E-state index in [2.05, 4.69) is 27.4 Å². The number of hydrogen-bond acceptors (Lipinski definition) is 4. The molecule has 2 heterocycles. The van der Waals surface area contributed by atoms with Crippen LogP contribution in [0.5, 0.6) is 5.75 Å². The minimum atomic E-state index is -0.225. The fourth-order valence-electron chi connectivity index (χ4n) is 4.03. The summed E-state index contributed by atoms with van der Waals surface area (Å²) in [7, 11) is 0. The van der Waals surface area contributed by atoms with E-state index in [0.717, 1.165) is 38.2 Å². The lowest BCUT2D eigenvalue weighted by molar-refractivity contribution is 0.102. The average Bonchev–Trinajstić information content (AvgIpc) is 3.24. The number of benzene rings is 2. The van der Waals surface area contributed by atoms with E-state index in [1.54, 1.807) is 24.4 Å². The Morgan fingerprint density at radius 1 is 1.13 bits per heavy atom. The first-order valence-corrected chi connectivity index (χ1v) is 11.1. The molecule has 0 spiro atoms. The number of para-hydroxylation sites is 1. The van der Waals surface area contributed by atoms with E-state index in [4.69, 9.17) is 16.3 Å². The van der Waals surface area contributed by atoms with Crippen LogP contribution in [-0.2, 0) is 6.54 Å². The number of piperidine rings is 1. The van der Waals surface area contributed by atoms with Crippen LogP contribution in [0.4, 0.5) is 5.82 Å². The lowest BCUT2D eigenvalue weighted by atomic mass is 10.0. The van der Waals surface area contributed by atoms with Gasteiger partial charge in [0.1, 0.15) is 11.6 Å². The molecule has 7 heteroatoms. The summed E-state index contributed by atoms with van der Waals surface area (Å²) in [5, 5.41) is 7.89. The summed E-state index contributed by atoms with van der Waals surface area (Å²) in [5.41, 5.74) is 1.68. The number of aromatic nitrogens is 2. The highest BCUT2D eigenvalue weighted by Gasteiger charge is 2.24. The Labute approximate surface area is 187 Å². The molecule has 0 aliphatic carbocycles. The van der Waals surface area contributed by atoms with Crippen LogP contribution < -0.4 is 10.1 Å². The summed E-state index contributed by atoms with van der Waals surface area (Å²) in [5.74, 6) is 1.44. The number of rotatable bonds is 7. The molecule has 0 radical (unpaired) electrons. The molecule has 1 N–H and O–H groups in total. The van der Waals surface area contributed by atoms with Crippen LogP contribution in [0.15, 0.2) is 60.8 Å². The van der Waals surface area contributed by atoms with Crippen LogP contribution in [0, 0.1) is 0 Å². The molecule has 1 aromatic heterocycles. The summed E-state index contributed by atoms with van der Waals surface area (Å²) >= 11 is 6.16. The van der Waals surface area contributed by atoms with Crippen molar-refractivity contribution in [2.24, 2.45) is 0 Å². The third-order valence-corrected chi connectivity index (χ3v) is 5.93. The molecule has 0 atom stereocenters. The molecule has 162 valence electrons. The number of nitrogens with one attached hydrogen (secondary N) is 1. The van der Waals surface area contributed by atoms with E-state index in [-0.39, 0.29) is 11.9 Å². The van der Waals surface area contributed by atoms with Crippen molar-refractivity contribution in [3.63, 3.8) is 0 Å². The van der Waals surface area contributed by atoms with Crippen molar-refractivity contribution in [3.05, 3.63) is 76.9 Å². The molecule has 1 aliphatic heterocycles. The molecule has 1 saturated heterocycles. The van der Waals surface area contributed by atoms with Crippen LogP contribution in [0.3, 0.4) is 0 Å². The van der Waals surface area contributed by atoms with Gasteiger partial charge in [0.25, 0.3) is 5.91 Å². The zero-order valence-corrected chi connectivity index (χ0v) is 18.4. The van der Waals surface area contributed by atoms with Crippen molar-refractivity contribution >= 4 is 23.3 Å². The highest BCUT2D eigenvalue weighted by molar-refractivity contribution is 6.34. The largest absolute Gasteiger partial charge is 0.494 e. The highest BCUT2D eigenvalue weighted by atomic mass is 35.5. The van der Waals surface area contributed by atoms with Crippen molar-refractivity contribution in [2.45, 2.75) is 32.4 Å². The molecular weight excluding hydrogens is 412 g/mol. The van der Waals surface area contributed by atoms with Crippen LogP contribution in [-0.4, -0.2) is 40.3 Å². The topological polar surface area (TPSA) is 59.4 Å². The molecule has 0 saturated carbocycles. The monoisotopic (exact) mass is 438 g/mol. The molecule has 31 heavy (non-hydrogen) atoms. The van der Waals surface area contributed by atoms with E-state index < -0.39 is 0 Å². The summed E-state index contributed by atoms with van der Waals surface area (Å²) in [6, 6.07) is 17.4. The first-order chi connectivity index (χ1) is 15.2. The summed E-state index contributed by atoms with van der Waals surface area (Å²) < 4.78 is 7.70. The number of likely N-dealkylation sites (tertiary alicyclic amines) is 1. The fourth-order valence-corrected chi connectivity index (χ4v) is 4.25. The predicted molar refractivity (Wildman–Crippen MR) is 123 cm³/mol. The molecule has 6 nitrogen and oxygen atoms in total. The second-order valence-corrected chi connectivity index (χ2v) is 8.05. The first kappa shape index (κ1) is 21.4. The maximum atomic E-state index is 12.7. The lowest BCUT2D eigenvalue weighted by Crippen LogP contribution is -2.35. The van der Waals surface area contributed by atoms with Crippen LogP contribution in [0.25, 0.3) is 0 Å². The van der Waals surface area contributed by atoms with Crippen molar-refractivity contribution in [2.75, 3.05) is 25.0 Å². The maximum absolute atomic E-state index is 12.7. The van der Waals surface area contributed by atoms with Gasteiger partial charge in [0.2, 0.25) is 0 Å². The Bertz CT molecular complexity index is 1030. The van der Waals surface area contributed by atoms with E-state index in [9.17, 15) is 4.79 Å². The Balaban J connectivity index is 1.38. The molecule has 1 aliphatic rings. The number of hydrogen-bond donors (Lipinski definition) is 1. The second kappa shape index (κ2) is 9.98. The van der Waals surface area contributed by atoms with Crippen LogP contribution >= 0.6 is 11.6 Å². The Morgan fingerprint density at radius 3 is 2.65 bits per heavy atom. The van der Waals surface area contributed by atoms with Gasteiger partial charge in [0.05, 0.1) is 29.4 Å². The van der Waals surface area contributed by atoms with E-state index in [1.807, 2.05) is 35.9 Å². The number of ether oxygens (including phenoxy) is 1. The van der Waals surface area contributed by atoms with Gasteiger partial charge in [-0.15, -0.1) is 0 Å². The van der Waals surface area contributed by atoms with E-state index in [0.29, 0.717) is 23.0 Å². The van der Waals surface area contributed by atoms with Crippen LogP contribution in [0.2, 0.25) is 5.02 Å². The molecule has 0 unspecified atom stereocenters. The Hall–Kier alpha value is -2.83. The number of amides is 1. The zero-order valence-electron chi connectivity index (χ0n) is 17.6. The summed E-state index contributed by atoms with van der Waals surface area (Å²) in [4.78, 5) is 15.1. The van der Waals surface area contributed by atoms with E-state index in [1.165, 1.54) is 5.56 Å². The molecule has 0 bridgehead atoms. The zero-order chi connectivity index (χ0) is 21.6. The summed E-state index contributed by atoms with van der Waals surface area (Å²) in [6.07, 6.45) is 3.66. The second-order valence-electron chi connectivity index (χ2n) is 7.64. The van der Waals surface area contributed by atoms with Gasteiger partial charge in [-0.05, 0) is 38.0 Å². The number of carbonyl (C=O) groups is 1. The minimum Gasteiger partial charge on any atom is -0.494 e. The number of halogens is 1. The highest BCUT2D eigenvalue weighted by Crippen LogP contribution is 2.28. The molecule has 3 aromatic rings. The number of carbonyl (C=O) groups excluding carboxylic acids is 1. The summed E-state index contributed by atoms with van der Waals surface area (Å²) in [6.45, 7) is 5.47. The van der Waals surface area contributed by atoms with Gasteiger partial charge in [0, 0.05) is 31.3 Å². The van der Waals surface area contributed by atoms with Gasteiger partial charge in [-0.25, -0.2) is 4.68 Å². The number of nitrogens with zero attached hydrogens (tertiary/aromatic N) is 3. The molecule has 4 rings (SSSR count). The van der Waals surface area contributed by atoms with Crippen molar-refractivity contribution < 1.29 is 9.53 Å². The Morgan fingerprint density at radius 2 is 1.87 bits per heavy atom. The molecular formula is C24H27ClN4O2.